The maximum absolute atomic E-state index is 11.1. The van der Waals surface area contributed by atoms with Crippen LogP contribution in [0.3, 0.4) is 0 Å². The number of ether oxygens (including phenoxy) is 2. The quantitative estimate of drug-likeness (QED) is 0.197. The molecule has 1 aliphatic heterocycles. The molecule has 0 atom stereocenters. The van der Waals surface area contributed by atoms with Crippen LogP contribution in [0.4, 0.5) is 0 Å². The zero-order chi connectivity index (χ0) is 19.6. The molecule has 0 aromatic rings. The lowest BCUT2D eigenvalue weighted by Gasteiger charge is -2.48. The van der Waals surface area contributed by atoms with Crippen LogP contribution in [0.5, 0.6) is 0 Å². The van der Waals surface area contributed by atoms with E-state index in [1.54, 1.807) is 7.05 Å². The van der Waals surface area contributed by atoms with Crippen molar-refractivity contribution in [2.45, 2.75) is 37.6 Å². The van der Waals surface area contributed by atoms with E-state index in [2.05, 4.69) is 20.5 Å². The van der Waals surface area contributed by atoms with E-state index in [9.17, 15) is 8.42 Å². The summed E-state index contributed by atoms with van der Waals surface area (Å²) in [6.45, 7) is 5.79. The lowest BCUT2D eigenvalue weighted by Crippen LogP contribution is -2.60. The molecule has 2 aliphatic rings. The van der Waals surface area contributed by atoms with Crippen LogP contribution in [-0.2, 0) is 19.3 Å². The summed E-state index contributed by atoms with van der Waals surface area (Å²) < 4.78 is 33.1. The number of aliphatic imine (C=N–C) groups is 1. The normalized spacial score (nSPS) is 21.0. The lowest BCUT2D eigenvalue weighted by molar-refractivity contribution is -0.0352. The van der Waals surface area contributed by atoms with Gasteiger partial charge in [0.15, 0.2) is 5.96 Å². The maximum atomic E-state index is 11.1. The Morgan fingerprint density at radius 3 is 2.43 bits per heavy atom. The molecule has 166 valence electrons. The molecule has 1 saturated carbocycles. The molecule has 0 radical (unpaired) electrons. The van der Waals surface area contributed by atoms with Crippen molar-refractivity contribution in [3.8, 4) is 0 Å². The molecular formula is C18H37IN4O4S. The molecular weight excluding hydrogens is 495 g/mol. The standard InChI is InChI=1S/C18H36N4O4S.HI/c1-19-17(20-8-11-25-14-15-27(2,23)24)21-16-18(6-4-3-5-7-18)22-9-12-26-13-10-22;/h3-16H2,1-2H3,(H2,19,20,21);1H. The monoisotopic (exact) mass is 532 g/mol. The van der Waals surface area contributed by atoms with E-state index in [0.29, 0.717) is 13.2 Å². The number of nitrogens with one attached hydrogen (secondary N) is 2. The molecule has 8 nitrogen and oxygen atoms in total. The second kappa shape index (κ2) is 13.2. The molecule has 2 rings (SSSR count). The molecule has 28 heavy (non-hydrogen) atoms. The van der Waals surface area contributed by atoms with Crippen molar-refractivity contribution >= 4 is 39.8 Å². The highest BCUT2D eigenvalue weighted by Gasteiger charge is 2.38. The van der Waals surface area contributed by atoms with Gasteiger partial charge in [-0.15, -0.1) is 24.0 Å². The summed E-state index contributed by atoms with van der Waals surface area (Å²) >= 11 is 0. The van der Waals surface area contributed by atoms with Gasteiger partial charge in [0, 0.05) is 45.0 Å². The fourth-order valence-electron chi connectivity index (χ4n) is 3.88. The summed E-state index contributed by atoms with van der Waals surface area (Å²) in [6, 6.07) is 0. The number of guanidine groups is 1. The summed E-state index contributed by atoms with van der Waals surface area (Å²) in [5.41, 5.74) is 0.186. The molecule has 1 saturated heterocycles. The van der Waals surface area contributed by atoms with E-state index in [4.69, 9.17) is 9.47 Å². The van der Waals surface area contributed by atoms with Crippen LogP contribution in [0.2, 0.25) is 0 Å². The van der Waals surface area contributed by atoms with Crippen LogP contribution >= 0.6 is 24.0 Å². The number of hydrogen-bond acceptors (Lipinski definition) is 6. The minimum Gasteiger partial charge on any atom is -0.379 e. The first-order valence-corrected chi connectivity index (χ1v) is 12.0. The molecule has 2 fully saturated rings. The Hall–Kier alpha value is -0.170. The molecule has 0 aromatic heterocycles. The smallest absolute Gasteiger partial charge is 0.191 e. The average molecular weight is 532 g/mol. The first-order valence-electron chi connectivity index (χ1n) is 9.98. The third-order valence-corrected chi connectivity index (χ3v) is 6.32. The number of nitrogens with zero attached hydrogens (tertiary/aromatic N) is 2. The van der Waals surface area contributed by atoms with Gasteiger partial charge in [0.2, 0.25) is 0 Å². The second-order valence-electron chi connectivity index (χ2n) is 7.48. The van der Waals surface area contributed by atoms with Crippen molar-refractivity contribution in [2.75, 3.05) is 71.7 Å². The van der Waals surface area contributed by atoms with Crippen molar-refractivity contribution in [1.82, 2.24) is 15.5 Å². The second-order valence-corrected chi connectivity index (χ2v) is 9.74. The zero-order valence-corrected chi connectivity index (χ0v) is 20.4. The predicted octanol–water partition coefficient (Wildman–Crippen LogP) is 0.866. The number of morpholine rings is 1. The molecule has 0 spiro atoms. The van der Waals surface area contributed by atoms with Crippen LogP contribution in [0, 0.1) is 0 Å². The van der Waals surface area contributed by atoms with Gasteiger partial charge in [-0.1, -0.05) is 19.3 Å². The first-order chi connectivity index (χ1) is 13.0. The highest BCUT2D eigenvalue weighted by atomic mass is 127. The largest absolute Gasteiger partial charge is 0.379 e. The zero-order valence-electron chi connectivity index (χ0n) is 17.2. The van der Waals surface area contributed by atoms with Crippen LogP contribution in [0.25, 0.3) is 0 Å². The molecule has 0 amide bonds. The molecule has 0 aromatic carbocycles. The van der Waals surface area contributed by atoms with Crippen LogP contribution in [0.1, 0.15) is 32.1 Å². The van der Waals surface area contributed by atoms with Gasteiger partial charge in [0.25, 0.3) is 0 Å². The Bertz CT molecular complexity index is 562. The Morgan fingerprint density at radius 1 is 1.14 bits per heavy atom. The van der Waals surface area contributed by atoms with Gasteiger partial charge >= 0.3 is 0 Å². The fraction of sp³-hybridized carbons (Fsp3) is 0.944. The Kier molecular flexibility index (Phi) is 12.2. The van der Waals surface area contributed by atoms with Gasteiger partial charge in [-0.2, -0.15) is 0 Å². The molecule has 0 bridgehead atoms. The lowest BCUT2D eigenvalue weighted by atomic mass is 9.80. The van der Waals surface area contributed by atoms with Gasteiger partial charge in [0.05, 0.1) is 32.2 Å². The summed E-state index contributed by atoms with van der Waals surface area (Å²) in [5.74, 6) is 0.821. The summed E-state index contributed by atoms with van der Waals surface area (Å²) in [6.07, 6.45) is 7.52. The van der Waals surface area contributed by atoms with E-state index in [0.717, 1.165) is 38.8 Å². The maximum Gasteiger partial charge on any atom is 0.191 e. The molecule has 2 N–H and O–H groups in total. The van der Waals surface area contributed by atoms with Gasteiger partial charge in [0.1, 0.15) is 9.84 Å². The summed E-state index contributed by atoms with van der Waals surface area (Å²) in [7, 11) is -1.20. The Balaban J connectivity index is 0.00000392. The van der Waals surface area contributed by atoms with E-state index < -0.39 is 9.84 Å². The molecule has 10 heteroatoms. The van der Waals surface area contributed by atoms with E-state index in [1.807, 2.05) is 0 Å². The minimum absolute atomic E-state index is 0. The van der Waals surface area contributed by atoms with Crippen molar-refractivity contribution in [3.63, 3.8) is 0 Å². The van der Waals surface area contributed by atoms with Crippen LogP contribution in [-0.4, -0.2) is 96.5 Å². The van der Waals surface area contributed by atoms with Crippen LogP contribution in [0.15, 0.2) is 4.99 Å². The summed E-state index contributed by atoms with van der Waals surface area (Å²) in [4.78, 5) is 6.91. The van der Waals surface area contributed by atoms with Gasteiger partial charge in [-0.05, 0) is 12.8 Å². The molecule has 0 unspecified atom stereocenters. The number of hydrogen-bond donors (Lipinski definition) is 2. The minimum atomic E-state index is -2.97. The van der Waals surface area contributed by atoms with Gasteiger partial charge < -0.3 is 20.1 Å². The van der Waals surface area contributed by atoms with Gasteiger partial charge in [-0.3, -0.25) is 9.89 Å². The van der Waals surface area contributed by atoms with Crippen molar-refractivity contribution in [2.24, 2.45) is 4.99 Å². The van der Waals surface area contributed by atoms with Crippen molar-refractivity contribution < 1.29 is 17.9 Å². The summed E-state index contributed by atoms with van der Waals surface area (Å²) in [5, 5.41) is 6.75. The number of sulfone groups is 1. The third kappa shape index (κ3) is 9.10. The SMILES string of the molecule is CN=C(NCCOCCS(C)(=O)=O)NCC1(N2CCOCC2)CCCCC1.I. The topological polar surface area (TPSA) is 92.3 Å². The molecule has 1 aliphatic carbocycles. The number of rotatable bonds is 9. The van der Waals surface area contributed by atoms with Gasteiger partial charge in [-0.25, -0.2) is 8.42 Å². The first kappa shape index (κ1) is 25.9. The van der Waals surface area contributed by atoms with E-state index in [1.165, 1.54) is 38.4 Å². The highest BCUT2D eigenvalue weighted by molar-refractivity contribution is 14.0. The van der Waals surface area contributed by atoms with Crippen molar-refractivity contribution in [3.05, 3.63) is 0 Å². The molecule has 1 heterocycles. The van der Waals surface area contributed by atoms with Crippen LogP contribution < -0.4 is 10.6 Å². The third-order valence-electron chi connectivity index (χ3n) is 5.41. The highest BCUT2D eigenvalue weighted by Crippen LogP contribution is 2.33. The Labute approximate surface area is 187 Å². The van der Waals surface area contributed by atoms with E-state index >= 15 is 0 Å². The van der Waals surface area contributed by atoms with E-state index in [-0.39, 0.29) is 41.9 Å². The van der Waals surface area contributed by atoms with Crippen molar-refractivity contribution in [1.29, 1.82) is 0 Å². The average Bonchev–Trinajstić information content (AvgIpc) is 2.67. The Morgan fingerprint density at radius 2 is 1.82 bits per heavy atom. The fourth-order valence-corrected chi connectivity index (χ4v) is 4.30. The predicted molar refractivity (Wildman–Crippen MR) is 124 cm³/mol. The number of halogens is 1.